The molecule has 1 amide bonds. The molecule has 0 atom stereocenters. The summed E-state index contributed by atoms with van der Waals surface area (Å²) >= 11 is 5.63. The van der Waals surface area contributed by atoms with Gasteiger partial charge in [-0.15, -0.1) is 0 Å². The van der Waals surface area contributed by atoms with E-state index in [9.17, 15) is 4.79 Å². The fourth-order valence-electron chi connectivity index (χ4n) is 2.37. The number of carbonyl (C=O) groups excluding carboxylic acids is 1. The van der Waals surface area contributed by atoms with Crippen LogP contribution in [0.5, 0.6) is 0 Å². The lowest BCUT2D eigenvalue weighted by molar-refractivity contribution is 0.0999. The number of carbonyl (C=O) groups is 1. The third kappa shape index (κ3) is 1.31. The van der Waals surface area contributed by atoms with Crippen molar-refractivity contribution < 1.29 is 4.79 Å². The molecule has 0 unspecified atom stereocenters. The third-order valence-corrected chi connectivity index (χ3v) is 3.32. The molecule has 3 heteroatoms. The van der Waals surface area contributed by atoms with E-state index in [4.69, 9.17) is 11.6 Å². The first-order valence-corrected chi connectivity index (χ1v) is 5.78. The highest BCUT2D eigenvalue weighted by molar-refractivity contribution is 6.28. The molecule has 0 aliphatic carbocycles. The Balaban J connectivity index is 2.46. The van der Waals surface area contributed by atoms with E-state index in [1.54, 1.807) is 11.9 Å². The number of hydrogen-bond acceptors (Lipinski definition) is 1. The molecule has 0 saturated carbocycles. The third-order valence-electron chi connectivity index (χ3n) is 3.19. The Morgan fingerprint density at radius 2 is 2.06 bits per heavy atom. The van der Waals surface area contributed by atoms with E-state index in [1.165, 1.54) is 5.54 Å². The van der Waals surface area contributed by atoms with Crippen LogP contribution in [0.2, 0.25) is 0 Å². The normalized spacial score (nSPS) is 14.2. The molecule has 1 aliphatic rings. The van der Waals surface area contributed by atoms with E-state index < -0.39 is 0 Å². The number of halogens is 1. The number of anilines is 1. The lowest BCUT2D eigenvalue weighted by atomic mass is 10.0. The van der Waals surface area contributed by atoms with Crippen LogP contribution in [0, 0.1) is 0 Å². The van der Waals surface area contributed by atoms with Crippen LogP contribution in [-0.2, 0) is 0 Å². The number of hydrogen-bond donors (Lipinski definition) is 0. The van der Waals surface area contributed by atoms with Crippen molar-refractivity contribution in [2.75, 3.05) is 11.9 Å². The van der Waals surface area contributed by atoms with Crippen molar-refractivity contribution in [2.24, 2.45) is 0 Å². The molecule has 0 bridgehead atoms. The highest BCUT2D eigenvalue weighted by Crippen LogP contribution is 2.38. The van der Waals surface area contributed by atoms with E-state index in [2.05, 4.69) is 0 Å². The standard InChI is InChI=1S/C14H10ClNO/c1-16-12-6-5-9(7-8-15)10-3-2-4-11(13(10)12)14(16)17/h2-8H,1H3/b8-7+. The van der Waals surface area contributed by atoms with Crippen LogP contribution in [0.4, 0.5) is 5.69 Å². The Bertz CT molecular complexity index is 661. The van der Waals surface area contributed by atoms with Gasteiger partial charge in [-0.25, -0.2) is 0 Å². The molecule has 2 nitrogen and oxygen atoms in total. The van der Waals surface area contributed by atoms with Crippen LogP contribution in [0.1, 0.15) is 15.9 Å². The summed E-state index contributed by atoms with van der Waals surface area (Å²) in [6.07, 6.45) is 1.84. The summed E-state index contributed by atoms with van der Waals surface area (Å²) in [7, 11) is 1.80. The minimum Gasteiger partial charge on any atom is -0.311 e. The van der Waals surface area contributed by atoms with E-state index in [1.807, 2.05) is 36.4 Å². The van der Waals surface area contributed by atoms with Crippen molar-refractivity contribution >= 4 is 40.0 Å². The summed E-state index contributed by atoms with van der Waals surface area (Å²) in [5.74, 6) is 0.0533. The molecule has 0 saturated heterocycles. The summed E-state index contributed by atoms with van der Waals surface area (Å²) in [5, 5.41) is 2.09. The van der Waals surface area contributed by atoms with Gasteiger partial charge in [-0.2, -0.15) is 0 Å². The summed E-state index contributed by atoms with van der Waals surface area (Å²) in [6.45, 7) is 0. The lowest BCUT2D eigenvalue weighted by Crippen LogP contribution is -2.20. The highest BCUT2D eigenvalue weighted by Gasteiger charge is 2.26. The van der Waals surface area contributed by atoms with Gasteiger partial charge in [0.15, 0.2) is 0 Å². The molecule has 1 aliphatic heterocycles. The zero-order valence-corrected chi connectivity index (χ0v) is 10.0. The Morgan fingerprint density at radius 1 is 1.24 bits per heavy atom. The molecule has 3 rings (SSSR count). The summed E-state index contributed by atoms with van der Waals surface area (Å²) in [6, 6.07) is 9.73. The monoisotopic (exact) mass is 243 g/mol. The second-order valence-corrected chi connectivity index (χ2v) is 4.31. The fourth-order valence-corrected chi connectivity index (χ4v) is 2.51. The minimum absolute atomic E-state index is 0.0533. The number of nitrogens with zero attached hydrogens (tertiary/aromatic N) is 1. The summed E-state index contributed by atoms with van der Waals surface area (Å²) in [4.78, 5) is 13.7. The van der Waals surface area contributed by atoms with Crippen molar-refractivity contribution in [3.05, 3.63) is 47.0 Å². The molecule has 84 valence electrons. The number of rotatable bonds is 1. The second kappa shape index (κ2) is 3.60. The Labute approximate surface area is 104 Å². The average molecular weight is 244 g/mol. The molecular formula is C14H10ClNO. The van der Waals surface area contributed by atoms with Gasteiger partial charge in [0.25, 0.3) is 5.91 Å². The van der Waals surface area contributed by atoms with Crippen molar-refractivity contribution in [1.82, 2.24) is 0 Å². The van der Waals surface area contributed by atoms with E-state index in [-0.39, 0.29) is 5.91 Å². The van der Waals surface area contributed by atoms with Gasteiger partial charge in [-0.1, -0.05) is 29.8 Å². The molecule has 2 aromatic carbocycles. The van der Waals surface area contributed by atoms with Gasteiger partial charge in [0, 0.05) is 23.5 Å². The maximum absolute atomic E-state index is 12.0. The van der Waals surface area contributed by atoms with Gasteiger partial charge in [0.2, 0.25) is 0 Å². The van der Waals surface area contributed by atoms with Crippen LogP contribution in [0.3, 0.4) is 0 Å². The quantitative estimate of drug-likeness (QED) is 0.749. The van der Waals surface area contributed by atoms with Gasteiger partial charge < -0.3 is 4.90 Å². The lowest BCUT2D eigenvalue weighted by Gasteiger charge is -2.10. The zero-order valence-electron chi connectivity index (χ0n) is 9.27. The predicted octanol–water partition coefficient (Wildman–Crippen LogP) is 3.64. The number of benzene rings is 2. The first-order chi connectivity index (χ1) is 8.24. The second-order valence-electron chi connectivity index (χ2n) is 4.06. The summed E-state index contributed by atoms with van der Waals surface area (Å²) < 4.78 is 0. The van der Waals surface area contributed by atoms with Crippen molar-refractivity contribution in [1.29, 1.82) is 0 Å². The molecule has 0 fully saturated rings. The summed E-state index contributed by atoms with van der Waals surface area (Å²) in [5.41, 5.74) is 4.26. The van der Waals surface area contributed by atoms with Crippen molar-refractivity contribution in [3.8, 4) is 0 Å². The Kier molecular flexibility index (Phi) is 2.20. The maximum atomic E-state index is 12.0. The van der Waals surface area contributed by atoms with Gasteiger partial charge in [-0.3, -0.25) is 4.79 Å². The topological polar surface area (TPSA) is 20.3 Å². The van der Waals surface area contributed by atoms with Gasteiger partial charge >= 0.3 is 0 Å². The molecule has 0 radical (unpaired) electrons. The Hall–Kier alpha value is -1.80. The molecule has 0 aromatic heterocycles. The number of amides is 1. The van der Waals surface area contributed by atoms with E-state index in [0.717, 1.165) is 27.6 Å². The van der Waals surface area contributed by atoms with Crippen molar-refractivity contribution in [2.45, 2.75) is 0 Å². The van der Waals surface area contributed by atoms with Crippen LogP contribution in [0.15, 0.2) is 35.9 Å². The zero-order chi connectivity index (χ0) is 12.0. The largest absolute Gasteiger partial charge is 0.311 e. The molecule has 17 heavy (non-hydrogen) atoms. The van der Waals surface area contributed by atoms with E-state index in [0.29, 0.717) is 0 Å². The first-order valence-electron chi connectivity index (χ1n) is 5.34. The maximum Gasteiger partial charge on any atom is 0.258 e. The average Bonchev–Trinajstić information content (AvgIpc) is 2.60. The Morgan fingerprint density at radius 3 is 2.82 bits per heavy atom. The van der Waals surface area contributed by atoms with Crippen LogP contribution < -0.4 is 4.90 Å². The first kappa shape index (κ1) is 10.4. The predicted molar refractivity (Wildman–Crippen MR) is 71.6 cm³/mol. The highest BCUT2D eigenvalue weighted by atomic mass is 35.5. The molecule has 0 spiro atoms. The minimum atomic E-state index is 0.0533. The van der Waals surface area contributed by atoms with Crippen LogP contribution in [0.25, 0.3) is 16.8 Å². The van der Waals surface area contributed by atoms with Crippen LogP contribution >= 0.6 is 11.6 Å². The SMILES string of the molecule is CN1C(=O)c2cccc3c(/C=C/Cl)ccc1c23. The van der Waals surface area contributed by atoms with Gasteiger partial charge in [-0.05, 0) is 29.2 Å². The molecule has 0 N–H and O–H groups in total. The van der Waals surface area contributed by atoms with Crippen molar-refractivity contribution in [3.63, 3.8) is 0 Å². The smallest absolute Gasteiger partial charge is 0.258 e. The van der Waals surface area contributed by atoms with Gasteiger partial charge in [0.05, 0.1) is 5.69 Å². The molecular weight excluding hydrogens is 234 g/mol. The van der Waals surface area contributed by atoms with E-state index >= 15 is 0 Å². The van der Waals surface area contributed by atoms with Crippen LogP contribution in [-0.4, -0.2) is 13.0 Å². The molecule has 1 heterocycles. The fraction of sp³-hybridized carbons (Fsp3) is 0.0714. The van der Waals surface area contributed by atoms with Gasteiger partial charge in [0.1, 0.15) is 0 Å². The molecule has 2 aromatic rings.